The first-order chi connectivity index (χ1) is 12.1. The summed E-state index contributed by atoms with van der Waals surface area (Å²) in [6, 6.07) is 7.16. The number of carbonyl (C=O) groups excluding carboxylic acids is 2. The molecular formula is C18H27N3O4. The van der Waals surface area contributed by atoms with Gasteiger partial charge < -0.3 is 19.7 Å². The number of hydrogen-bond acceptors (Lipinski definition) is 5. The maximum Gasteiger partial charge on any atom is 0.226 e. The molecule has 1 aliphatic rings. The second-order valence-corrected chi connectivity index (χ2v) is 5.99. The van der Waals surface area contributed by atoms with Crippen LogP contribution in [0.4, 0.5) is 5.69 Å². The molecule has 0 spiro atoms. The molecule has 0 radical (unpaired) electrons. The summed E-state index contributed by atoms with van der Waals surface area (Å²) in [7, 11) is 1.60. The Kier molecular flexibility index (Phi) is 7.69. The molecule has 0 saturated carbocycles. The molecule has 138 valence electrons. The fraction of sp³-hybridized carbons (Fsp3) is 0.556. The predicted molar refractivity (Wildman–Crippen MR) is 95.8 cm³/mol. The zero-order valence-corrected chi connectivity index (χ0v) is 15.0. The standard InChI is InChI=1S/C18H27N3O4/c1-15(22)21(10-9-20-11-13-25-14-12-20)8-7-18(23)19-16-3-5-17(24-2)6-4-16/h3-6H,7-14H2,1-2H3,(H,19,23). The molecule has 0 aromatic heterocycles. The van der Waals surface area contributed by atoms with E-state index in [0.29, 0.717) is 18.8 Å². The smallest absolute Gasteiger partial charge is 0.226 e. The van der Waals surface area contributed by atoms with Crippen LogP contribution in [0.1, 0.15) is 13.3 Å². The lowest BCUT2D eigenvalue weighted by molar-refractivity contribution is -0.129. The van der Waals surface area contributed by atoms with Crippen molar-refractivity contribution in [2.75, 3.05) is 58.4 Å². The van der Waals surface area contributed by atoms with Crippen LogP contribution in [-0.4, -0.2) is 74.7 Å². The van der Waals surface area contributed by atoms with E-state index in [1.165, 1.54) is 0 Å². The van der Waals surface area contributed by atoms with Crippen LogP contribution in [0, 0.1) is 0 Å². The van der Waals surface area contributed by atoms with Gasteiger partial charge in [-0.2, -0.15) is 0 Å². The zero-order chi connectivity index (χ0) is 18.1. The maximum absolute atomic E-state index is 12.1. The van der Waals surface area contributed by atoms with Crippen LogP contribution in [0.15, 0.2) is 24.3 Å². The average molecular weight is 349 g/mol. The van der Waals surface area contributed by atoms with Crippen molar-refractivity contribution in [2.24, 2.45) is 0 Å². The third-order valence-corrected chi connectivity index (χ3v) is 4.22. The van der Waals surface area contributed by atoms with Crippen molar-refractivity contribution in [3.05, 3.63) is 24.3 Å². The van der Waals surface area contributed by atoms with E-state index in [1.807, 2.05) is 0 Å². The van der Waals surface area contributed by atoms with E-state index in [-0.39, 0.29) is 18.2 Å². The van der Waals surface area contributed by atoms with Gasteiger partial charge in [-0.05, 0) is 24.3 Å². The van der Waals surface area contributed by atoms with E-state index in [4.69, 9.17) is 9.47 Å². The largest absolute Gasteiger partial charge is 0.497 e. The van der Waals surface area contributed by atoms with Crippen molar-refractivity contribution < 1.29 is 19.1 Å². The highest BCUT2D eigenvalue weighted by molar-refractivity contribution is 5.91. The fourth-order valence-electron chi connectivity index (χ4n) is 2.65. The number of methoxy groups -OCH3 is 1. The van der Waals surface area contributed by atoms with Crippen LogP contribution in [0.25, 0.3) is 0 Å². The summed E-state index contributed by atoms with van der Waals surface area (Å²) >= 11 is 0. The van der Waals surface area contributed by atoms with Crippen LogP contribution >= 0.6 is 0 Å². The van der Waals surface area contributed by atoms with Gasteiger partial charge >= 0.3 is 0 Å². The topological polar surface area (TPSA) is 71.1 Å². The van der Waals surface area contributed by atoms with Crippen LogP contribution in [-0.2, 0) is 14.3 Å². The molecule has 0 atom stereocenters. The lowest BCUT2D eigenvalue weighted by Gasteiger charge is -2.29. The minimum atomic E-state index is -0.109. The molecule has 0 unspecified atom stereocenters. The molecule has 7 nitrogen and oxygen atoms in total. The predicted octanol–water partition coefficient (Wildman–Crippen LogP) is 1.20. The van der Waals surface area contributed by atoms with E-state index in [1.54, 1.807) is 43.2 Å². The normalized spacial score (nSPS) is 14.8. The number of amides is 2. The van der Waals surface area contributed by atoms with Crippen molar-refractivity contribution in [2.45, 2.75) is 13.3 Å². The minimum Gasteiger partial charge on any atom is -0.497 e. The summed E-state index contributed by atoms with van der Waals surface area (Å²) in [6.45, 7) is 6.67. The number of ether oxygens (including phenoxy) is 2. The van der Waals surface area contributed by atoms with Crippen molar-refractivity contribution in [1.82, 2.24) is 9.80 Å². The number of morpholine rings is 1. The van der Waals surface area contributed by atoms with Crippen molar-refractivity contribution in [1.29, 1.82) is 0 Å². The Bertz CT molecular complexity index is 556. The maximum atomic E-state index is 12.1. The number of anilines is 1. The summed E-state index contributed by atoms with van der Waals surface area (Å²) in [5, 5.41) is 2.83. The van der Waals surface area contributed by atoms with Gasteiger partial charge in [-0.15, -0.1) is 0 Å². The molecule has 2 amide bonds. The van der Waals surface area contributed by atoms with E-state index in [0.717, 1.165) is 38.6 Å². The summed E-state index contributed by atoms with van der Waals surface area (Å²) < 4.78 is 10.4. The fourth-order valence-corrected chi connectivity index (χ4v) is 2.65. The first kappa shape index (κ1) is 19.2. The first-order valence-corrected chi connectivity index (χ1v) is 8.58. The number of rotatable bonds is 8. The highest BCUT2D eigenvalue weighted by Gasteiger charge is 2.15. The molecule has 1 N–H and O–H groups in total. The molecule has 1 saturated heterocycles. The lowest BCUT2D eigenvalue weighted by atomic mass is 10.2. The van der Waals surface area contributed by atoms with Crippen molar-refractivity contribution in [3.63, 3.8) is 0 Å². The third-order valence-electron chi connectivity index (χ3n) is 4.22. The van der Waals surface area contributed by atoms with E-state index < -0.39 is 0 Å². The third kappa shape index (κ3) is 6.72. The second-order valence-electron chi connectivity index (χ2n) is 5.99. The summed E-state index contributed by atoms with van der Waals surface area (Å²) in [5.74, 6) is 0.622. The number of hydrogen-bond donors (Lipinski definition) is 1. The zero-order valence-electron chi connectivity index (χ0n) is 15.0. The Morgan fingerprint density at radius 2 is 1.88 bits per heavy atom. The van der Waals surface area contributed by atoms with Crippen LogP contribution in [0.5, 0.6) is 5.75 Å². The lowest BCUT2D eigenvalue weighted by Crippen LogP contribution is -2.43. The van der Waals surface area contributed by atoms with Crippen molar-refractivity contribution >= 4 is 17.5 Å². The van der Waals surface area contributed by atoms with Gasteiger partial charge in [0, 0.05) is 51.8 Å². The monoisotopic (exact) mass is 349 g/mol. The van der Waals surface area contributed by atoms with E-state index >= 15 is 0 Å². The van der Waals surface area contributed by atoms with Gasteiger partial charge in [0.25, 0.3) is 0 Å². The number of nitrogens with zero attached hydrogens (tertiary/aromatic N) is 2. The molecule has 0 aliphatic carbocycles. The van der Waals surface area contributed by atoms with E-state index in [9.17, 15) is 9.59 Å². The summed E-state index contributed by atoms with van der Waals surface area (Å²) in [4.78, 5) is 27.9. The summed E-state index contributed by atoms with van der Waals surface area (Å²) in [5.41, 5.74) is 0.716. The molecule has 25 heavy (non-hydrogen) atoms. The second kappa shape index (κ2) is 10.0. The van der Waals surface area contributed by atoms with Crippen LogP contribution < -0.4 is 10.1 Å². The highest BCUT2D eigenvalue weighted by atomic mass is 16.5. The van der Waals surface area contributed by atoms with Gasteiger partial charge in [-0.25, -0.2) is 0 Å². The number of benzene rings is 1. The Labute approximate surface area is 148 Å². The van der Waals surface area contributed by atoms with Gasteiger partial charge in [0.05, 0.1) is 20.3 Å². The molecule has 2 rings (SSSR count). The quantitative estimate of drug-likeness (QED) is 0.764. The first-order valence-electron chi connectivity index (χ1n) is 8.58. The van der Waals surface area contributed by atoms with Crippen molar-refractivity contribution in [3.8, 4) is 5.75 Å². The number of carbonyl (C=O) groups is 2. The van der Waals surface area contributed by atoms with Gasteiger partial charge in [0.15, 0.2) is 0 Å². The Morgan fingerprint density at radius 1 is 1.20 bits per heavy atom. The molecule has 1 aliphatic heterocycles. The molecule has 1 heterocycles. The van der Waals surface area contributed by atoms with E-state index in [2.05, 4.69) is 10.2 Å². The summed E-state index contributed by atoms with van der Waals surface area (Å²) in [6.07, 6.45) is 0.273. The molecule has 1 aromatic rings. The Hall–Kier alpha value is -2.12. The molecule has 1 fully saturated rings. The van der Waals surface area contributed by atoms with Gasteiger partial charge in [-0.1, -0.05) is 0 Å². The molecule has 7 heteroatoms. The van der Waals surface area contributed by atoms with Gasteiger partial charge in [0.1, 0.15) is 5.75 Å². The highest BCUT2D eigenvalue weighted by Crippen LogP contribution is 2.15. The Morgan fingerprint density at radius 3 is 2.48 bits per heavy atom. The molecular weight excluding hydrogens is 322 g/mol. The van der Waals surface area contributed by atoms with Gasteiger partial charge in [0.2, 0.25) is 11.8 Å². The Balaban J connectivity index is 1.74. The average Bonchev–Trinajstić information content (AvgIpc) is 2.63. The van der Waals surface area contributed by atoms with Gasteiger partial charge in [-0.3, -0.25) is 14.5 Å². The van der Waals surface area contributed by atoms with Crippen LogP contribution in [0.3, 0.4) is 0 Å². The van der Waals surface area contributed by atoms with Crippen LogP contribution in [0.2, 0.25) is 0 Å². The molecule has 1 aromatic carbocycles. The SMILES string of the molecule is COc1ccc(NC(=O)CCN(CCN2CCOCC2)C(C)=O)cc1. The minimum absolute atomic E-state index is 0.00879. The molecule has 0 bridgehead atoms. The number of nitrogens with one attached hydrogen (secondary N) is 1.